The van der Waals surface area contributed by atoms with E-state index >= 15 is 0 Å². The van der Waals surface area contributed by atoms with Crippen molar-refractivity contribution in [3.63, 3.8) is 0 Å². The van der Waals surface area contributed by atoms with Gasteiger partial charge in [0.15, 0.2) is 0 Å². The number of nitrogens with zero attached hydrogens (tertiary/aromatic N) is 2. The molecule has 4 nitrogen and oxygen atoms in total. The highest BCUT2D eigenvalue weighted by atomic mass is 32.2. The van der Waals surface area contributed by atoms with Gasteiger partial charge in [0, 0.05) is 18.6 Å². The van der Waals surface area contributed by atoms with E-state index in [4.69, 9.17) is 0 Å². The summed E-state index contributed by atoms with van der Waals surface area (Å²) in [7, 11) is -1.87. The average Bonchev–Trinajstić information content (AvgIpc) is 2.91. The third kappa shape index (κ3) is 3.20. The lowest BCUT2D eigenvalue weighted by Crippen LogP contribution is -2.26. The SMILES string of the molecule is CCc1ccc(S(=O)(=O)N(C)Cc2nccs2)cc1. The maximum absolute atomic E-state index is 12.4. The second kappa shape index (κ2) is 5.81. The van der Waals surface area contributed by atoms with Crippen molar-refractivity contribution in [2.75, 3.05) is 7.05 Å². The van der Waals surface area contributed by atoms with Gasteiger partial charge in [-0.25, -0.2) is 13.4 Å². The first kappa shape index (κ1) is 14.2. The summed E-state index contributed by atoms with van der Waals surface area (Å²) >= 11 is 1.45. The molecule has 1 aromatic carbocycles. The molecule has 2 aromatic rings. The predicted molar refractivity (Wildman–Crippen MR) is 76.6 cm³/mol. The zero-order valence-electron chi connectivity index (χ0n) is 10.9. The van der Waals surface area contributed by atoms with Gasteiger partial charge in [-0.3, -0.25) is 0 Å². The van der Waals surface area contributed by atoms with Gasteiger partial charge in [-0.1, -0.05) is 19.1 Å². The molecule has 1 aromatic heterocycles. The van der Waals surface area contributed by atoms with E-state index in [1.54, 1.807) is 25.4 Å². The van der Waals surface area contributed by atoms with Crippen LogP contribution in [0, 0.1) is 0 Å². The molecule has 0 fully saturated rings. The molecule has 0 atom stereocenters. The van der Waals surface area contributed by atoms with E-state index in [2.05, 4.69) is 4.98 Å². The number of sulfonamides is 1. The number of hydrogen-bond acceptors (Lipinski definition) is 4. The molecule has 0 unspecified atom stereocenters. The number of hydrogen-bond donors (Lipinski definition) is 0. The van der Waals surface area contributed by atoms with Crippen LogP contribution in [0.4, 0.5) is 0 Å². The summed E-state index contributed by atoms with van der Waals surface area (Å²) in [6.45, 7) is 2.34. The van der Waals surface area contributed by atoms with Gasteiger partial charge in [-0.15, -0.1) is 11.3 Å². The summed E-state index contributed by atoms with van der Waals surface area (Å²) in [5, 5.41) is 2.63. The first-order chi connectivity index (χ1) is 9.04. The van der Waals surface area contributed by atoms with E-state index in [1.165, 1.54) is 15.6 Å². The monoisotopic (exact) mass is 296 g/mol. The number of aryl methyl sites for hydroxylation is 1. The molecular formula is C13H16N2O2S2. The molecule has 0 bridgehead atoms. The molecular weight excluding hydrogens is 280 g/mol. The molecule has 0 aliphatic rings. The highest BCUT2D eigenvalue weighted by molar-refractivity contribution is 7.89. The Balaban J connectivity index is 2.20. The molecule has 0 spiro atoms. The zero-order chi connectivity index (χ0) is 13.9. The number of rotatable bonds is 5. The van der Waals surface area contributed by atoms with Crippen molar-refractivity contribution >= 4 is 21.4 Å². The highest BCUT2D eigenvalue weighted by Crippen LogP contribution is 2.18. The molecule has 0 aliphatic carbocycles. The van der Waals surface area contributed by atoms with E-state index < -0.39 is 10.0 Å². The van der Waals surface area contributed by atoms with Crippen molar-refractivity contribution in [1.82, 2.24) is 9.29 Å². The van der Waals surface area contributed by atoms with Crippen LogP contribution in [-0.4, -0.2) is 24.8 Å². The van der Waals surface area contributed by atoms with Crippen LogP contribution in [0.5, 0.6) is 0 Å². The lowest BCUT2D eigenvalue weighted by atomic mass is 10.2. The van der Waals surface area contributed by atoms with Crippen molar-refractivity contribution in [2.24, 2.45) is 0 Å². The van der Waals surface area contributed by atoms with E-state index in [0.29, 0.717) is 11.4 Å². The largest absolute Gasteiger partial charge is 0.248 e. The summed E-state index contributed by atoms with van der Waals surface area (Å²) < 4.78 is 26.0. The van der Waals surface area contributed by atoms with Gasteiger partial charge in [-0.2, -0.15) is 4.31 Å². The van der Waals surface area contributed by atoms with Crippen LogP contribution in [0.3, 0.4) is 0 Å². The molecule has 1 heterocycles. The normalized spacial score (nSPS) is 11.9. The molecule has 0 aliphatic heterocycles. The van der Waals surface area contributed by atoms with Gasteiger partial charge >= 0.3 is 0 Å². The first-order valence-electron chi connectivity index (χ1n) is 5.97. The Hall–Kier alpha value is -1.24. The standard InChI is InChI=1S/C13H16N2O2S2/c1-3-11-4-6-12(7-5-11)19(16,17)15(2)10-13-14-8-9-18-13/h4-9H,3,10H2,1-2H3. The molecule has 0 N–H and O–H groups in total. The minimum Gasteiger partial charge on any atom is -0.248 e. The Morgan fingerprint density at radius 2 is 1.95 bits per heavy atom. The Labute approximate surface area is 117 Å². The molecule has 0 radical (unpaired) electrons. The number of benzene rings is 1. The quantitative estimate of drug-likeness (QED) is 0.852. The van der Waals surface area contributed by atoms with Crippen LogP contribution in [0.1, 0.15) is 17.5 Å². The number of thiazole rings is 1. The van der Waals surface area contributed by atoms with Gasteiger partial charge in [0.2, 0.25) is 10.0 Å². The van der Waals surface area contributed by atoms with Crippen molar-refractivity contribution < 1.29 is 8.42 Å². The van der Waals surface area contributed by atoms with Gasteiger partial charge in [0.05, 0.1) is 11.4 Å². The summed E-state index contributed by atoms with van der Waals surface area (Å²) in [5.41, 5.74) is 1.13. The van der Waals surface area contributed by atoms with Crippen molar-refractivity contribution in [3.05, 3.63) is 46.4 Å². The lowest BCUT2D eigenvalue weighted by molar-refractivity contribution is 0.466. The first-order valence-corrected chi connectivity index (χ1v) is 8.29. The highest BCUT2D eigenvalue weighted by Gasteiger charge is 2.21. The summed E-state index contributed by atoms with van der Waals surface area (Å²) in [5.74, 6) is 0. The van der Waals surface area contributed by atoms with Gasteiger partial charge < -0.3 is 0 Å². The Morgan fingerprint density at radius 1 is 1.26 bits per heavy atom. The summed E-state index contributed by atoms with van der Waals surface area (Å²) in [6.07, 6.45) is 2.58. The van der Waals surface area contributed by atoms with Crippen LogP contribution >= 0.6 is 11.3 Å². The lowest BCUT2D eigenvalue weighted by Gasteiger charge is -2.16. The van der Waals surface area contributed by atoms with Crippen LogP contribution in [0.15, 0.2) is 40.7 Å². The summed E-state index contributed by atoms with van der Waals surface area (Å²) in [4.78, 5) is 4.43. The Morgan fingerprint density at radius 3 is 2.47 bits per heavy atom. The fourth-order valence-corrected chi connectivity index (χ4v) is 3.57. The molecule has 2 rings (SSSR count). The maximum Gasteiger partial charge on any atom is 0.243 e. The minimum atomic E-state index is -3.44. The third-order valence-corrected chi connectivity index (χ3v) is 5.46. The van der Waals surface area contributed by atoms with Crippen molar-refractivity contribution in [2.45, 2.75) is 24.8 Å². The smallest absolute Gasteiger partial charge is 0.243 e. The Bertz CT molecular complexity index is 619. The number of aromatic nitrogens is 1. The van der Waals surface area contributed by atoms with E-state index in [-0.39, 0.29) is 0 Å². The minimum absolute atomic E-state index is 0.301. The second-order valence-electron chi connectivity index (χ2n) is 4.18. The molecule has 0 saturated heterocycles. The second-order valence-corrected chi connectivity index (χ2v) is 7.21. The van der Waals surface area contributed by atoms with Gasteiger partial charge in [0.1, 0.15) is 5.01 Å². The average molecular weight is 296 g/mol. The molecule has 102 valence electrons. The van der Waals surface area contributed by atoms with Crippen molar-refractivity contribution in [1.29, 1.82) is 0 Å². The van der Waals surface area contributed by atoms with E-state index in [9.17, 15) is 8.42 Å². The summed E-state index contributed by atoms with van der Waals surface area (Å²) in [6, 6.07) is 7.02. The topological polar surface area (TPSA) is 50.3 Å². The maximum atomic E-state index is 12.4. The van der Waals surface area contributed by atoms with Crippen molar-refractivity contribution in [3.8, 4) is 0 Å². The van der Waals surface area contributed by atoms with Gasteiger partial charge in [-0.05, 0) is 24.1 Å². The van der Waals surface area contributed by atoms with E-state index in [1.807, 2.05) is 24.4 Å². The van der Waals surface area contributed by atoms with Crippen LogP contribution in [0.2, 0.25) is 0 Å². The third-order valence-electron chi connectivity index (χ3n) is 2.88. The van der Waals surface area contributed by atoms with E-state index in [0.717, 1.165) is 17.0 Å². The van der Waals surface area contributed by atoms with Crippen LogP contribution < -0.4 is 0 Å². The predicted octanol–water partition coefficient (Wildman–Crippen LogP) is 2.53. The Kier molecular flexibility index (Phi) is 4.34. The molecule has 6 heteroatoms. The zero-order valence-corrected chi connectivity index (χ0v) is 12.5. The molecule has 0 amide bonds. The fourth-order valence-electron chi connectivity index (χ4n) is 1.68. The van der Waals surface area contributed by atoms with Gasteiger partial charge in [0.25, 0.3) is 0 Å². The van der Waals surface area contributed by atoms with Crippen LogP contribution in [-0.2, 0) is 23.0 Å². The fraction of sp³-hybridized carbons (Fsp3) is 0.308. The molecule has 19 heavy (non-hydrogen) atoms. The molecule has 0 saturated carbocycles. The van der Waals surface area contributed by atoms with Crippen LogP contribution in [0.25, 0.3) is 0 Å².